The number of carbonyl (C=O) groups is 1. The Balaban J connectivity index is 1.60. The fourth-order valence-electron chi connectivity index (χ4n) is 3.12. The van der Waals surface area contributed by atoms with Crippen LogP contribution in [0.5, 0.6) is 0 Å². The number of benzene rings is 2. The van der Waals surface area contributed by atoms with E-state index in [1.807, 2.05) is 54.8 Å². The van der Waals surface area contributed by atoms with Crippen LogP contribution in [-0.4, -0.2) is 22.1 Å². The van der Waals surface area contributed by atoms with Crippen LogP contribution in [0.15, 0.2) is 69.6 Å². The van der Waals surface area contributed by atoms with E-state index in [4.69, 9.17) is 9.40 Å². The van der Waals surface area contributed by atoms with E-state index in [-0.39, 0.29) is 5.91 Å². The van der Waals surface area contributed by atoms with Gasteiger partial charge in [-0.1, -0.05) is 17.4 Å². The van der Waals surface area contributed by atoms with Gasteiger partial charge in [-0.25, -0.2) is 9.97 Å². The topological polar surface area (TPSA) is 59.2 Å². The van der Waals surface area contributed by atoms with Crippen molar-refractivity contribution in [1.82, 2.24) is 9.97 Å². The minimum Gasteiger partial charge on any atom is -0.467 e. The number of nitrogens with zero attached hydrogens (tertiary/aromatic N) is 3. The Morgan fingerprint density at radius 3 is 2.93 bits per heavy atom. The van der Waals surface area contributed by atoms with Gasteiger partial charge in [-0.2, -0.15) is 0 Å². The van der Waals surface area contributed by atoms with Crippen molar-refractivity contribution in [3.63, 3.8) is 0 Å². The molecule has 3 aromatic heterocycles. The van der Waals surface area contributed by atoms with Crippen molar-refractivity contribution in [2.24, 2.45) is 0 Å². The molecule has 5 nitrogen and oxygen atoms in total. The number of para-hydroxylation sites is 1. The molecule has 0 aliphatic rings. The van der Waals surface area contributed by atoms with E-state index in [1.165, 1.54) is 22.7 Å². The molecule has 0 unspecified atom stereocenters. The zero-order chi connectivity index (χ0) is 19.8. The van der Waals surface area contributed by atoms with Crippen LogP contribution in [0, 0.1) is 0 Å². The summed E-state index contributed by atoms with van der Waals surface area (Å²) in [5.41, 5.74) is 4.22. The highest BCUT2D eigenvalue weighted by Crippen LogP contribution is 2.35. The second-order valence-electron chi connectivity index (χ2n) is 6.31. The Labute approximate surface area is 179 Å². The number of thiazole rings is 2. The lowest BCUT2D eigenvalue weighted by molar-refractivity contribution is 0.0983. The van der Waals surface area contributed by atoms with Crippen molar-refractivity contribution in [3.05, 3.63) is 71.6 Å². The molecule has 0 saturated carbocycles. The van der Waals surface area contributed by atoms with Gasteiger partial charge in [0.15, 0.2) is 5.13 Å². The highest BCUT2D eigenvalue weighted by atomic mass is 32.2. The van der Waals surface area contributed by atoms with Crippen LogP contribution in [0.4, 0.5) is 5.13 Å². The molecule has 0 N–H and O–H groups in total. The molecule has 1 amide bonds. The zero-order valence-corrected chi connectivity index (χ0v) is 17.8. The summed E-state index contributed by atoms with van der Waals surface area (Å²) >= 11 is 4.69. The summed E-state index contributed by atoms with van der Waals surface area (Å²) in [7, 11) is 0. The second-order valence-corrected chi connectivity index (χ2v) is 9.05. The molecular formula is C21H15N3O2S3. The third kappa shape index (κ3) is 3.43. The highest BCUT2D eigenvalue weighted by molar-refractivity contribution is 7.98. The van der Waals surface area contributed by atoms with Gasteiger partial charge in [0, 0.05) is 10.5 Å². The third-order valence-electron chi connectivity index (χ3n) is 4.54. The summed E-state index contributed by atoms with van der Waals surface area (Å²) in [6, 6.07) is 15.4. The van der Waals surface area contributed by atoms with Gasteiger partial charge in [-0.15, -0.1) is 23.1 Å². The maximum Gasteiger partial charge on any atom is 0.260 e. The van der Waals surface area contributed by atoms with E-state index >= 15 is 0 Å². The first-order valence-electron chi connectivity index (χ1n) is 8.84. The van der Waals surface area contributed by atoms with Gasteiger partial charge in [-0.05, 0) is 48.7 Å². The number of hydrogen-bond acceptors (Lipinski definition) is 7. The van der Waals surface area contributed by atoms with E-state index in [0.29, 0.717) is 23.0 Å². The molecule has 5 rings (SSSR count). The minimum atomic E-state index is -0.110. The smallest absolute Gasteiger partial charge is 0.260 e. The number of anilines is 1. The SMILES string of the molecule is CSc1cccc2sc(N(Cc3ccco3)C(=O)c3ccc4ncsc4c3)nc12. The monoisotopic (exact) mass is 437 g/mol. The van der Waals surface area contributed by atoms with Crippen LogP contribution in [-0.2, 0) is 6.54 Å². The molecule has 0 fully saturated rings. The number of carbonyl (C=O) groups excluding carboxylic acids is 1. The van der Waals surface area contributed by atoms with Gasteiger partial charge < -0.3 is 4.42 Å². The Kier molecular flexibility index (Phi) is 4.83. The van der Waals surface area contributed by atoms with E-state index in [2.05, 4.69) is 4.98 Å². The summed E-state index contributed by atoms with van der Waals surface area (Å²) in [5.74, 6) is 0.600. The summed E-state index contributed by atoms with van der Waals surface area (Å²) in [4.78, 5) is 25.4. The first kappa shape index (κ1) is 18.4. The number of furan rings is 1. The molecule has 0 aliphatic heterocycles. The summed E-state index contributed by atoms with van der Waals surface area (Å²) < 4.78 is 7.57. The van der Waals surface area contributed by atoms with Crippen LogP contribution in [0.1, 0.15) is 16.1 Å². The highest BCUT2D eigenvalue weighted by Gasteiger charge is 2.23. The van der Waals surface area contributed by atoms with Crippen LogP contribution >= 0.6 is 34.4 Å². The number of hydrogen-bond donors (Lipinski definition) is 0. The van der Waals surface area contributed by atoms with Crippen LogP contribution in [0.3, 0.4) is 0 Å². The van der Waals surface area contributed by atoms with Crippen molar-refractivity contribution < 1.29 is 9.21 Å². The van der Waals surface area contributed by atoms with Crippen molar-refractivity contribution in [2.75, 3.05) is 11.2 Å². The average molecular weight is 438 g/mol. The van der Waals surface area contributed by atoms with Crippen molar-refractivity contribution >= 4 is 65.9 Å². The van der Waals surface area contributed by atoms with E-state index in [1.54, 1.807) is 28.4 Å². The lowest BCUT2D eigenvalue weighted by Crippen LogP contribution is -2.30. The first-order valence-corrected chi connectivity index (χ1v) is 11.8. The molecule has 0 saturated heterocycles. The van der Waals surface area contributed by atoms with Crippen molar-refractivity contribution in [3.8, 4) is 0 Å². The molecule has 5 aromatic rings. The Hall–Kier alpha value is -2.68. The van der Waals surface area contributed by atoms with Crippen LogP contribution < -0.4 is 4.90 Å². The van der Waals surface area contributed by atoms with Gasteiger partial charge in [0.25, 0.3) is 5.91 Å². The number of amides is 1. The summed E-state index contributed by atoms with van der Waals surface area (Å²) in [6.07, 6.45) is 3.65. The molecule has 0 aliphatic carbocycles. The fraction of sp³-hybridized carbons (Fsp3) is 0.0952. The number of thioether (sulfide) groups is 1. The Morgan fingerprint density at radius 1 is 1.17 bits per heavy atom. The Bertz CT molecular complexity index is 1310. The third-order valence-corrected chi connectivity index (χ3v) is 7.14. The Morgan fingerprint density at radius 2 is 2.10 bits per heavy atom. The van der Waals surface area contributed by atoms with Gasteiger partial charge in [-0.3, -0.25) is 9.69 Å². The quantitative estimate of drug-likeness (QED) is 0.312. The fourth-order valence-corrected chi connectivity index (χ4v) is 5.46. The zero-order valence-electron chi connectivity index (χ0n) is 15.4. The minimum absolute atomic E-state index is 0.110. The molecule has 0 spiro atoms. The molecular weight excluding hydrogens is 422 g/mol. The van der Waals surface area contributed by atoms with Crippen LogP contribution in [0.25, 0.3) is 20.4 Å². The van der Waals surface area contributed by atoms with Gasteiger partial charge in [0.2, 0.25) is 0 Å². The molecule has 144 valence electrons. The first-order chi connectivity index (χ1) is 14.2. The number of aromatic nitrogens is 2. The molecule has 0 radical (unpaired) electrons. The number of fused-ring (bicyclic) bond motifs is 2. The normalized spacial score (nSPS) is 11.3. The predicted molar refractivity (Wildman–Crippen MR) is 120 cm³/mol. The lowest BCUT2D eigenvalue weighted by Gasteiger charge is -2.18. The summed E-state index contributed by atoms with van der Waals surface area (Å²) in [5, 5.41) is 0.660. The lowest BCUT2D eigenvalue weighted by atomic mass is 10.2. The average Bonchev–Trinajstić information content (AvgIpc) is 3.50. The standard InChI is InChI=1S/C21H15N3O2S3/c1-27-16-5-2-6-17-19(16)23-21(29-17)24(11-14-4-3-9-26-14)20(25)13-7-8-15-18(10-13)28-12-22-15/h2-10,12H,11H2,1H3. The molecule has 8 heteroatoms. The van der Waals surface area contributed by atoms with Crippen molar-refractivity contribution in [1.29, 1.82) is 0 Å². The second kappa shape index (κ2) is 7.62. The summed E-state index contributed by atoms with van der Waals surface area (Å²) in [6.45, 7) is 0.320. The molecule has 2 aromatic carbocycles. The van der Waals surface area contributed by atoms with E-state index in [0.717, 1.165) is 25.3 Å². The largest absolute Gasteiger partial charge is 0.467 e. The van der Waals surface area contributed by atoms with Gasteiger partial charge in [0.1, 0.15) is 5.76 Å². The molecule has 0 atom stereocenters. The van der Waals surface area contributed by atoms with E-state index < -0.39 is 0 Å². The maximum atomic E-state index is 13.5. The molecule has 0 bridgehead atoms. The van der Waals surface area contributed by atoms with Crippen molar-refractivity contribution in [2.45, 2.75) is 11.4 Å². The maximum absolute atomic E-state index is 13.5. The molecule has 29 heavy (non-hydrogen) atoms. The molecule has 3 heterocycles. The van der Waals surface area contributed by atoms with Gasteiger partial charge >= 0.3 is 0 Å². The van der Waals surface area contributed by atoms with E-state index in [9.17, 15) is 4.79 Å². The van der Waals surface area contributed by atoms with Crippen LogP contribution in [0.2, 0.25) is 0 Å². The van der Waals surface area contributed by atoms with Gasteiger partial charge in [0.05, 0.1) is 38.8 Å². The predicted octanol–water partition coefficient (Wildman–Crippen LogP) is 6.07. The number of rotatable bonds is 5.